The number of rotatable bonds is 4. The van der Waals surface area contributed by atoms with Crippen LogP contribution in [0.15, 0.2) is 12.2 Å². The van der Waals surface area contributed by atoms with E-state index in [1.54, 1.807) is 6.92 Å². The average molecular weight is 168 g/mol. The maximum atomic E-state index is 10.6. The summed E-state index contributed by atoms with van der Waals surface area (Å²) in [6.07, 6.45) is 6.94. The van der Waals surface area contributed by atoms with Crippen molar-refractivity contribution in [2.24, 2.45) is 5.41 Å². The van der Waals surface area contributed by atoms with Crippen molar-refractivity contribution in [3.05, 3.63) is 12.2 Å². The van der Waals surface area contributed by atoms with E-state index in [4.69, 9.17) is 0 Å². The predicted molar refractivity (Wildman–Crippen MR) is 53.1 cm³/mol. The van der Waals surface area contributed by atoms with Crippen LogP contribution in [0.4, 0.5) is 0 Å². The van der Waals surface area contributed by atoms with Gasteiger partial charge in [0.25, 0.3) is 0 Å². The molecular weight excluding hydrogens is 148 g/mol. The Morgan fingerprint density at radius 1 is 1.25 bits per heavy atom. The number of carbonyl (C=O) groups is 1. The summed E-state index contributed by atoms with van der Waals surface area (Å²) in [7, 11) is 0. The summed E-state index contributed by atoms with van der Waals surface area (Å²) in [4.78, 5) is 10.6. The highest BCUT2D eigenvalue weighted by Crippen LogP contribution is 2.18. The summed E-state index contributed by atoms with van der Waals surface area (Å²) in [5.74, 6) is 0.274. The summed E-state index contributed by atoms with van der Waals surface area (Å²) in [5.41, 5.74) is 0.368. The summed E-state index contributed by atoms with van der Waals surface area (Å²) in [5, 5.41) is 0. The first kappa shape index (κ1) is 11.4. The van der Waals surface area contributed by atoms with Crippen LogP contribution in [-0.4, -0.2) is 5.78 Å². The third-order valence-electron chi connectivity index (χ3n) is 1.56. The Hall–Kier alpha value is -0.590. The molecule has 0 aliphatic rings. The molecule has 12 heavy (non-hydrogen) atoms. The molecule has 0 amide bonds. The molecule has 0 unspecified atom stereocenters. The van der Waals surface area contributed by atoms with Crippen LogP contribution in [0.3, 0.4) is 0 Å². The van der Waals surface area contributed by atoms with Gasteiger partial charge in [0.05, 0.1) is 0 Å². The van der Waals surface area contributed by atoms with Crippen molar-refractivity contribution in [2.45, 2.75) is 47.0 Å². The van der Waals surface area contributed by atoms with Crippen LogP contribution >= 0.6 is 0 Å². The van der Waals surface area contributed by atoms with E-state index in [-0.39, 0.29) is 5.78 Å². The van der Waals surface area contributed by atoms with Gasteiger partial charge in [-0.3, -0.25) is 0 Å². The number of hydrogen-bond acceptors (Lipinski definition) is 1. The van der Waals surface area contributed by atoms with Gasteiger partial charge in [0.15, 0.2) is 0 Å². The first-order valence-electron chi connectivity index (χ1n) is 4.56. The molecule has 0 saturated heterocycles. The lowest BCUT2D eigenvalue weighted by atomic mass is 9.92. The largest absolute Gasteiger partial charge is 0.300 e. The Labute approximate surface area is 75.9 Å². The third-order valence-corrected chi connectivity index (χ3v) is 1.56. The molecule has 0 aromatic heterocycles. The van der Waals surface area contributed by atoms with Gasteiger partial charge in [-0.1, -0.05) is 32.9 Å². The summed E-state index contributed by atoms with van der Waals surface area (Å²) in [6.45, 7) is 8.27. The fraction of sp³-hybridized carbons (Fsp3) is 0.727. The van der Waals surface area contributed by atoms with Gasteiger partial charge in [0.2, 0.25) is 0 Å². The minimum atomic E-state index is 0.274. The molecule has 1 nitrogen and oxygen atoms in total. The molecule has 0 atom stereocenters. The van der Waals surface area contributed by atoms with Gasteiger partial charge < -0.3 is 4.79 Å². The maximum Gasteiger partial charge on any atom is 0.130 e. The predicted octanol–water partition coefficient (Wildman–Crippen LogP) is 3.35. The number of Topliss-reactive ketones (excluding diaryl/α,β-unsaturated/α-hetero) is 1. The van der Waals surface area contributed by atoms with E-state index in [1.807, 2.05) is 0 Å². The Morgan fingerprint density at radius 3 is 2.25 bits per heavy atom. The smallest absolute Gasteiger partial charge is 0.130 e. The number of hydrogen-bond donors (Lipinski definition) is 0. The maximum absolute atomic E-state index is 10.6. The average Bonchev–Trinajstić information content (AvgIpc) is 1.83. The van der Waals surface area contributed by atoms with E-state index < -0.39 is 0 Å². The molecule has 0 radical (unpaired) electrons. The van der Waals surface area contributed by atoms with Crippen LogP contribution in [0.1, 0.15) is 47.0 Å². The summed E-state index contributed by atoms with van der Waals surface area (Å²) in [6, 6.07) is 0. The molecule has 0 aromatic carbocycles. The molecule has 1 heteroatoms. The highest BCUT2D eigenvalue weighted by Gasteiger charge is 2.05. The second-order valence-corrected chi connectivity index (χ2v) is 4.48. The molecule has 0 heterocycles. The molecular formula is C11H20O. The van der Waals surface area contributed by atoms with Crippen LogP contribution in [-0.2, 0) is 4.79 Å². The summed E-state index contributed by atoms with van der Waals surface area (Å²) < 4.78 is 0. The lowest BCUT2D eigenvalue weighted by molar-refractivity contribution is -0.116. The van der Waals surface area contributed by atoms with Gasteiger partial charge in [0.1, 0.15) is 5.78 Å². The molecule has 0 aliphatic carbocycles. The van der Waals surface area contributed by atoms with Crippen molar-refractivity contribution in [3.63, 3.8) is 0 Å². The molecule has 0 aliphatic heterocycles. The SMILES string of the molecule is CC(=O)CCC=CCC(C)(C)C. The normalized spacial score (nSPS) is 12.3. The van der Waals surface area contributed by atoms with E-state index in [0.29, 0.717) is 11.8 Å². The van der Waals surface area contributed by atoms with Crippen molar-refractivity contribution >= 4 is 5.78 Å². The zero-order valence-electron chi connectivity index (χ0n) is 8.68. The quantitative estimate of drug-likeness (QED) is 0.588. The molecule has 70 valence electrons. The highest BCUT2D eigenvalue weighted by atomic mass is 16.1. The molecule has 0 bridgehead atoms. The fourth-order valence-electron chi connectivity index (χ4n) is 0.841. The van der Waals surface area contributed by atoms with Crippen molar-refractivity contribution in [3.8, 4) is 0 Å². The van der Waals surface area contributed by atoms with E-state index in [1.165, 1.54) is 0 Å². The zero-order chi connectivity index (χ0) is 9.61. The van der Waals surface area contributed by atoms with Gasteiger partial charge >= 0.3 is 0 Å². The Kier molecular flexibility index (Phi) is 4.87. The molecule has 0 saturated carbocycles. The number of allylic oxidation sites excluding steroid dienone is 2. The van der Waals surface area contributed by atoms with Gasteiger partial charge in [-0.15, -0.1) is 0 Å². The van der Waals surface area contributed by atoms with Crippen molar-refractivity contribution in [1.82, 2.24) is 0 Å². The van der Waals surface area contributed by atoms with E-state index in [0.717, 1.165) is 12.8 Å². The van der Waals surface area contributed by atoms with Crippen LogP contribution in [0, 0.1) is 5.41 Å². The second-order valence-electron chi connectivity index (χ2n) is 4.48. The standard InChI is InChI=1S/C11H20O/c1-10(12)8-6-5-7-9-11(2,3)4/h5,7H,6,8-9H2,1-4H3. The first-order valence-corrected chi connectivity index (χ1v) is 4.56. The van der Waals surface area contributed by atoms with Gasteiger partial charge in [-0.05, 0) is 25.2 Å². The summed E-state index contributed by atoms with van der Waals surface area (Å²) >= 11 is 0. The van der Waals surface area contributed by atoms with E-state index in [2.05, 4.69) is 32.9 Å². The molecule has 0 spiro atoms. The Balaban J connectivity index is 3.45. The van der Waals surface area contributed by atoms with Gasteiger partial charge in [0, 0.05) is 6.42 Å². The van der Waals surface area contributed by atoms with Crippen LogP contribution < -0.4 is 0 Å². The monoisotopic (exact) mass is 168 g/mol. The minimum absolute atomic E-state index is 0.274. The Bertz CT molecular complexity index is 160. The van der Waals surface area contributed by atoms with Crippen LogP contribution in [0.2, 0.25) is 0 Å². The van der Waals surface area contributed by atoms with Gasteiger partial charge in [-0.25, -0.2) is 0 Å². The zero-order valence-corrected chi connectivity index (χ0v) is 8.68. The van der Waals surface area contributed by atoms with Crippen molar-refractivity contribution in [1.29, 1.82) is 0 Å². The van der Waals surface area contributed by atoms with Crippen molar-refractivity contribution < 1.29 is 4.79 Å². The third kappa shape index (κ3) is 9.41. The molecule has 0 aromatic rings. The highest BCUT2D eigenvalue weighted by molar-refractivity contribution is 5.75. The molecule has 0 rings (SSSR count). The Morgan fingerprint density at radius 2 is 1.83 bits per heavy atom. The molecule has 0 fully saturated rings. The topological polar surface area (TPSA) is 17.1 Å². The minimum Gasteiger partial charge on any atom is -0.300 e. The van der Waals surface area contributed by atoms with Gasteiger partial charge in [-0.2, -0.15) is 0 Å². The first-order chi connectivity index (χ1) is 5.42. The number of ketones is 1. The number of carbonyl (C=O) groups excluding carboxylic acids is 1. The fourth-order valence-corrected chi connectivity index (χ4v) is 0.841. The van der Waals surface area contributed by atoms with E-state index >= 15 is 0 Å². The lowest BCUT2D eigenvalue weighted by Crippen LogP contribution is -2.01. The van der Waals surface area contributed by atoms with Crippen LogP contribution in [0.5, 0.6) is 0 Å². The van der Waals surface area contributed by atoms with Crippen LogP contribution in [0.25, 0.3) is 0 Å². The lowest BCUT2D eigenvalue weighted by Gasteiger charge is -2.14. The second kappa shape index (κ2) is 5.13. The van der Waals surface area contributed by atoms with Crippen molar-refractivity contribution in [2.75, 3.05) is 0 Å². The van der Waals surface area contributed by atoms with E-state index in [9.17, 15) is 4.79 Å². The molecule has 0 N–H and O–H groups in total.